The van der Waals surface area contributed by atoms with E-state index in [9.17, 15) is 14.4 Å². The lowest BCUT2D eigenvalue weighted by molar-refractivity contribution is -0.152. The van der Waals surface area contributed by atoms with Gasteiger partial charge in [0.15, 0.2) is 0 Å². The maximum Gasteiger partial charge on any atom is 0.309 e. The second-order valence-corrected chi connectivity index (χ2v) is 3.64. The van der Waals surface area contributed by atoms with Crippen LogP contribution in [-0.2, 0) is 19.1 Å². The topological polar surface area (TPSA) is 80.7 Å². The van der Waals surface area contributed by atoms with E-state index in [2.05, 4.69) is 4.74 Å². The Morgan fingerprint density at radius 2 is 1.73 bits per heavy atom. The largest absolute Gasteiger partial charge is 0.481 e. The van der Waals surface area contributed by atoms with E-state index in [1.807, 2.05) is 0 Å². The Bertz CT molecular complexity index is 257. The molecule has 0 aliphatic heterocycles. The number of hydrogen-bond acceptors (Lipinski definition) is 4. The van der Waals surface area contributed by atoms with E-state index in [4.69, 9.17) is 5.11 Å². The number of carboxylic acid groups (broad SMARTS) is 1. The van der Waals surface area contributed by atoms with Crippen LogP contribution in [0.1, 0.15) is 26.7 Å². The number of hydrogen-bond donors (Lipinski definition) is 1. The molecule has 1 atom stereocenters. The average molecular weight is 216 g/mol. The molecule has 0 heterocycles. The van der Waals surface area contributed by atoms with Crippen molar-refractivity contribution in [2.45, 2.75) is 26.7 Å². The quantitative estimate of drug-likeness (QED) is 0.666. The fourth-order valence-electron chi connectivity index (χ4n) is 1.09. The summed E-state index contributed by atoms with van der Waals surface area (Å²) >= 11 is 0. The molecule has 0 aliphatic rings. The van der Waals surface area contributed by atoms with Crippen molar-refractivity contribution in [1.29, 1.82) is 0 Å². The Kier molecular flexibility index (Phi) is 5.59. The van der Waals surface area contributed by atoms with E-state index in [0.717, 1.165) is 0 Å². The molecule has 15 heavy (non-hydrogen) atoms. The SMILES string of the molecule is COC(=O)C(CC(=O)O)CC(=O)C(C)C. The van der Waals surface area contributed by atoms with Gasteiger partial charge in [-0.25, -0.2) is 0 Å². The van der Waals surface area contributed by atoms with Gasteiger partial charge in [-0.2, -0.15) is 0 Å². The lowest BCUT2D eigenvalue weighted by Crippen LogP contribution is -2.24. The van der Waals surface area contributed by atoms with Gasteiger partial charge < -0.3 is 9.84 Å². The molecular formula is C10H16O5. The number of carbonyl (C=O) groups is 3. The van der Waals surface area contributed by atoms with Crippen LogP contribution < -0.4 is 0 Å². The standard InChI is InChI=1S/C10H16O5/c1-6(2)8(11)4-7(5-9(12)13)10(14)15-3/h6-7H,4-5H2,1-3H3,(H,12,13). The van der Waals surface area contributed by atoms with E-state index in [1.54, 1.807) is 13.8 Å². The molecule has 0 aliphatic carbocycles. The summed E-state index contributed by atoms with van der Waals surface area (Å²) in [5, 5.41) is 8.56. The van der Waals surface area contributed by atoms with Gasteiger partial charge in [-0.05, 0) is 0 Å². The zero-order chi connectivity index (χ0) is 12.0. The van der Waals surface area contributed by atoms with Crippen LogP contribution >= 0.6 is 0 Å². The zero-order valence-corrected chi connectivity index (χ0v) is 9.15. The van der Waals surface area contributed by atoms with Crippen LogP contribution in [0, 0.1) is 11.8 Å². The summed E-state index contributed by atoms with van der Waals surface area (Å²) in [6, 6.07) is 0. The molecular weight excluding hydrogens is 200 g/mol. The highest BCUT2D eigenvalue weighted by Crippen LogP contribution is 2.14. The van der Waals surface area contributed by atoms with Crippen molar-refractivity contribution < 1.29 is 24.2 Å². The molecule has 1 N–H and O–H groups in total. The first kappa shape index (κ1) is 13.6. The first-order valence-corrected chi connectivity index (χ1v) is 4.70. The van der Waals surface area contributed by atoms with Crippen molar-refractivity contribution in [3.63, 3.8) is 0 Å². The average Bonchev–Trinajstić information content (AvgIpc) is 2.14. The van der Waals surface area contributed by atoms with Gasteiger partial charge in [0.1, 0.15) is 5.78 Å². The van der Waals surface area contributed by atoms with Crippen LogP contribution in [0.3, 0.4) is 0 Å². The van der Waals surface area contributed by atoms with Gasteiger partial charge in [0.25, 0.3) is 0 Å². The summed E-state index contributed by atoms with van der Waals surface area (Å²) in [5.41, 5.74) is 0. The van der Waals surface area contributed by atoms with Gasteiger partial charge in [-0.15, -0.1) is 0 Å². The summed E-state index contributed by atoms with van der Waals surface area (Å²) in [6.07, 6.45) is -0.443. The molecule has 5 heteroatoms. The predicted octanol–water partition coefficient (Wildman–Crippen LogP) is 0.865. The first-order chi connectivity index (χ1) is 6.88. The van der Waals surface area contributed by atoms with Crippen LogP contribution in [0.4, 0.5) is 0 Å². The number of aliphatic carboxylic acids is 1. The zero-order valence-electron chi connectivity index (χ0n) is 9.15. The molecule has 0 bridgehead atoms. The predicted molar refractivity (Wildman–Crippen MR) is 52.2 cm³/mol. The van der Waals surface area contributed by atoms with E-state index in [0.29, 0.717) is 0 Å². The molecule has 0 fully saturated rings. The third kappa shape index (κ3) is 5.15. The minimum Gasteiger partial charge on any atom is -0.481 e. The first-order valence-electron chi connectivity index (χ1n) is 4.70. The Balaban J connectivity index is 4.44. The molecule has 5 nitrogen and oxygen atoms in total. The molecule has 0 radical (unpaired) electrons. The summed E-state index contributed by atoms with van der Waals surface area (Å²) in [6.45, 7) is 3.41. The lowest BCUT2D eigenvalue weighted by Gasteiger charge is -2.12. The Morgan fingerprint density at radius 3 is 2.07 bits per heavy atom. The van der Waals surface area contributed by atoms with E-state index >= 15 is 0 Å². The third-order valence-electron chi connectivity index (χ3n) is 2.05. The number of rotatable bonds is 6. The summed E-state index contributed by atoms with van der Waals surface area (Å²) in [7, 11) is 1.18. The fraction of sp³-hybridized carbons (Fsp3) is 0.700. The smallest absolute Gasteiger partial charge is 0.309 e. The summed E-state index contributed by atoms with van der Waals surface area (Å²) in [5.74, 6) is -2.96. The fourth-order valence-corrected chi connectivity index (χ4v) is 1.09. The maximum absolute atomic E-state index is 11.4. The molecule has 1 unspecified atom stereocenters. The van der Waals surface area contributed by atoms with Crippen LogP contribution in [0.2, 0.25) is 0 Å². The van der Waals surface area contributed by atoms with Crippen LogP contribution in [-0.4, -0.2) is 29.9 Å². The molecule has 0 aromatic carbocycles. The van der Waals surface area contributed by atoms with Crippen molar-refractivity contribution in [3.05, 3.63) is 0 Å². The van der Waals surface area contributed by atoms with Crippen molar-refractivity contribution in [2.75, 3.05) is 7.11 Å². The molecule has 0 saturated carbocycles. The maximum atomic E-state index is 11.4. The van der Waals surface area contributed by atoms with Gasteiger partial charge in [-0.1, -0.05) is 13.8 Å². The van der Waals surface area contributed by atoms with Crippen molar-refractivity contribution >= 4 is 17.7 Å². The monoisotopic (exact) mass is 216 g/mol. The van der Waals surface area contributed by atoms with Gasteiger partial charge in [0.05, 0.1) is 19.4 Å². The number of carbonyl (C=O) groups excluding carboxylic acids is 2. The van der Waals surface area contributed by atoms with E-state index in [1.165, 1.54) is 7.11 Å². The van der Waals surface area contributed by atoms with Crippen LogP contribution in [0.5, 0.6) is 0 Å². The Hall–Kier alpha value is -1.39. The number of esters is 1. The third-order valence-corrected chi connectivity index (χ3v) is 2.05. The Morgan fingerprint density at radius 1 is 1.20 bits per heavy atom. The van der Waals surface area contributed by atoms with Gasteiger partial charge >= 0.3 is 11.9 Å². The highest BCUT2D eigenvalue weighted by atomic mass is 16.5. The highest BCUT2D eigenvalue weighted by Gasteiger charge is 2.26. The molecule has 0 spiro atoms. The molecule has 0 saturated heterocycles. The number of Topliss-reactive ketones (excluding diaryl/α,β-unsaturated/α-hetero) is 1. The second kappa shape index (κ2) is 6.16. The number of carboxylic acids is 1. The number of methoxy groups -OCH3 is 1. The van der Waals surface area contributed by atoms with Gasteiger partial charge in [0.2, 0.25) is 0 Å². The van der Waals surface area contributed by atoms with E-state index in [-0.39, 0.29) is 24.5 Å². The minimum atomic E-state index is -1.11. The number of ketones is 1. The molecule has 0 aromatic heterocycles. The van der Waals surface area contributed by atoms with Crippen molar-refractivity contribution in [1.82, 2.24) is 0 Å². The lowest BCUT2D eigenvalue weighted by atomic mass is 9.94. The number of ether oxygens (including phenoxy) is 1. The minimum absolute atomic E-state index is 0.0728. The highest BCUT2D eigenvalue weighted by molar-refractivity contribution is 5.87. The summed E-state index contributed by atoms with van der Waals surface area (Å²) in [4.78, 5) is 33.0. The van der Waals surface area contributed by atoms with Crippen LogP contribution in [0.25, 0.3) is 0 Å². The Labute approximate surface area is 88.4 Å². The molecule has 0 amide bonds. The molecule has 0 aromatic rings. The normalized spacial score (nSPS) is 12.3. The van der Waals surface area contributed by atoms with Crippen molar-refractivity contribution in [3.8, 4) is 0 Å². The second-order valence-electron chi connectivity index (χ2n) is 3.64. The van der Waals surface area contributed by atoms with Crippen molar-refractivity contribution in [2.24, 2.45) is 11.8 Å². The van der Waals surface area contributed by atoms with E-state index < -0.39 is 17.9 Å². The van der Waals surface area contributed by atoms with Gasteiger partial charge in [-0.3, -0.25) is 14.4 Å². The van der Waals surface area contributed by atoms with Crippen LogP contribution in [0.15, 0.2) is 0 Å². The molecule has 86 valence electrons. The van der Waals surface area contributed by atoms with Gasteiger partial charge in [0, 0.05) is 12.3 Å². The molecule has 0 rings (SSSR count). The summed E-state index contributed by atoms with van der Waals surface area (Å²) < 4.78 is 4.44.